The number of hydrogen-bond donors (Lipinski definition) is 1. The molecular formula is C10H14N2O2S. The van der Waals surface area contributed by atoms with Gasteiger partial charge in [0.1, 0.15) is 0 Å². The van der Waals surface area contributed by atoms with Crippen LogP contribution in [0.25, 0.3) is 0 Å². The molecule has 0 radical (unpaired) electrons. The average molecular weight is 226 g/mol. The average Bonchev–Trinajstić information content (AvgIpc) is 2.93. The van der Waals surface area contributed by atoms with Crippen molar-refractivity contribution in [2.24, 2.45) is 5.92 Å². The molecule has 0 aromatic carbocycles. The Labute approximate surface area is 92.7 Å². The summed E-state index contributed by atoms with van der Waals surface area (Å²) in [5.41, 5.74) is 0. The zero-order valence-corrected chi connectivity index (χ0v) is 9.41. The molecule has 4 nitrogen and oxygen atoms in total. The fraction of sp³-hybridized carbons (Fsp3) is 0.600. The molecule has 0 saturated heterocycles. The van der Waals surface area contributed by atoms with Crippen LogP contribution in [0.15, 0.2) is 17.6 Å². The monoisotopic (exact) mass is 226 g/mol. The van der Waals surface area contributed by atoms with E-state index in [1.54, 1.807) is 6.20 Å². The maximum absolute atomic E-state index is 10.5. The van der Waals surface area contributed by atoms with Gasteiger partial charge >= 0.3 is 5.97 Å². The van der Waals surface area contributed by atoms with E-state index < -0.39 is 5.97 Å². The van der Waals surface area contributed by atoms with Gasteiger partial charge in [0.05, 0.1) is 5.75 Å². The van der Waals surface area contributed by atoms with Gasteiger partial charge in [0, 0.05) is 18.4 Å². The summed E-state index contributed by atoms with van der Waals surface area (Å²) in [5, 5.41) is 9.42. The fourth-order valence-electron chi connectivity index (χ4n) is 1.65. The summed E-state index contributed by atoms with van der Waals surface area (Å²) in [6.45, 7) is 2.17. The van der Waals surface area contributed by atoms with E-state index in [1.807, 2.05) is 6.20 Å². The molecule has 2 rings (SSSR count). The van der Waals surface area contributed by atoms with Crippen molar-refractivity contribution in [3.63, 3.8) is 0 Å². The van der Waals surface area contributed by atoms with Crippen molar-refractivity contribution < 1.29 is 9.90 Å². The Morgan fingerprint density at radius 2 is 2.53 bits per heavy atom. The number of aromatic nitrogens is 2. The summed E-state index contributed by atoms with van der Waals surface area (Å²) < 4.78 is 2.09. The molecule has 1 N–H and O–H groups in total. The van der Waals surface area contributed by atoms with E-state index in [9.17, 15) is 4.79 Å². The van der Waals surface area contributed by atoms with Crippen LogP contribution >= 0.6 is 11.8 Å². The normalized spacial score (nSPS) is 17.7. The van der Waals surface area contributed by atoms with E-state index in [0.717, 1.165) is 11.1 Å². The fourth-order valence-corrected chi connectivity index (χ4v) is 2.42. The summed E-state index contributed by atoms with van der Waals surface area (Å²) in [5.74, 6) is 0.0333. The summed E-state index contributed by atoms with van der Waals surface area (Å²) in [6, 6.07) is 0.448. The number of aliphatic carboxylic acids is 1. The minimum absolute atomic E-state index is 0.0778. The van der Waals surface area contributed by atoms with Gasteiger partial charge in [0.25, 0.3) is 0 Å². The quantitative estimate of drug-likeness (QED) is 0.780. The molecule has 1 atom stereocenters. The molecule has 0 spiro atoms. The first-order chi connectivity index (χ1) is 7.18. The minimum Gasteiger partial charge on any atom is -0.481 e. The summed E-state index contributed by atoms with van der Waals surface area (Å²) >= 11 is 1.29. The predicted octanol–water partition coefficient (Wildman–Crippen LogP) is 2.03. The Morgan fingerprint density at radius 1 is 1.80 bits per heavy atom. The lowest BCUT2D eigenvalue weighted by Crippen LogP contribution is -2.08. The van der Waals surface area contributed by atoms with Gasteiger partial charge in [-0.15, -0.1) is 0 Å². The first kappa shape index (κ1) is 10.5. The van der Waals surface area contributed by atoms with E-state index in [0.29, 0.717) is 6.04 Å². The number of nitrogens with zero attached hydrogens (tertiary/aromatic N) is 2. The summed E-state index contributed by atoms with van der Waals surface area (Å²) in [7, 11) is 0. The highest BCUT2D eigenvalue weighted by Crippen LogP contribution is 2.40. The second-order valence-electron chi connectivity index (χ2n) is 3.88. The van der Waals surface area contributed by atoms with Crippen LogP contribution in [0.4, 0.5) is 0 Å². The van der Waals surface area contributed by atoms with Gasteiger partial charge < -0.3 is 9.67 Å². The Morgan fingerprint density at radius 3 is 3.13 bits per heavy atom. The molecule has 1 fully saturated rings. The van der Waals surface area contributed by atoms with Gasteiger partial charge in [0.2, 0.25) is 0 Å². The highest BCUT2D eigenvalue weighted by Gasteiger charge is 2.30. The zero-order valence-electron chi connectivity index (χ0n) is 8.59. The lowest BCUT2D eigenvalue weighted by atomic mass is 10.2. The summed E-state index contributed by atoms with van der Waals surface area (Å²) in [4.78, 5) is 14.6. The summed E-state index contributed by atoms with van der Waals surface area (Å²) in [6.07, 6.45) is 6.24. The standard InChI is InChI=1S/C10H14N2O2S/c1-7(8-2-3-8)12-5-4-11-10(12)15-6-9(13)14/h4-5,7-8H,2-3,6H2,1H3,(H,13,14). The van der Waals surface area contributed by atoms with Crippen LogP contribution in [0.5, 0.6) is 0 Å². The van der Waals surface area contributed by atoms with Crippen molar-refractivity contribution in [3.8, 4) is 0 Å². The van der Waals surface area contributed by atoms with E-state index in [1.165, 1.54) is 24.6 Å². The highest BCUT2D eigenvalue weighted by molar-refractivity contribution is 7.99. The largest absolute Gasteiger partial charge is 0.481 e. The van der Waals surface area contributed by atoms with Crippen LogP contribution in [-0.2, 0) is 4.79 Å². The van der Waals surface area contributed by atoms with Gasteiger partial charge in [0.15, 0.2) is 5.16 Å². The molecule has 5 heteroatoms. The van der Waals surface area contributed by atoms with Gasteiger partial charge in [-0.2, -0.15) is 0 Å². The third-order valence-electron chi connectivity index (χ3n) is 2.70. The molecular weight excluding hydrogens is 212 g/mol. The molecule has 15 heavy (non-hydrogen) atoms. The first-order valence-electron chi connectivity index (χ1n) is 5.06. The van der Waals surface area contributed by atoms with Crippen LogP contribution in [0, 0.1) is 5.92 Å². The van der Waals surface area contributed by atoms with Crippen molar-refractivity contribution in [1.82, 2.24) is 9.55 Å². The van der Waals surface area contributed by atoms with E-state index in [2.05, 4.69) is 16.5 Å². The minimum atomic E-state index is -0.798. The zero-order chi connectivity index (χ0) is 10.8. The molecule has 0 amide bonds. The smallest absolute Gasteiger partial charge is 0.313 e. The van der Waals surface area contributed by atoms with Crippen LogP contribution < -0.4 is 0 Å². The maximum Gasteiger partial charge on any atom is 0.313 e. The van der Waals surface area contributed by atoms with Crippen LogP contribution in [0.2, 0.25) is 0 Å². The number of rotatable bonds is 5. The third kappa shape index (κ3) is 2.53. The van der Waals surface area contributed by atoms with Crippen molar-refractivity contribution in [1.29, 1.82) is 0 Å². The maximum atomic E-state index is 10.5. The number of carbonyl (C=O) groups is 1. The first-order valence-corrected chi connectivity index (χ1v) is 6.04. The van der Waals surface area contributed by atoms with Gasteiger partial charge in [-0.25, -0.2) is 4.98 Å². The predicted molar refractivity (Wildman–Crippen MR) is 58.0 cm³/mol. The lowest BCUT2D eigenvalue weighted by Gasteiger charge is -2.14. The molecule has 1 aromatic rings. The number of carboxylic acid groups (broad SMARTS) is 1. The van der Waals surface area contributed by atoms with Crippen molar-refractivity contribution in [2.75, 3.05) is 5.75 Å². The van der Waals surface area contributed by atoms with Crippen LogP contribution in [-0.4, -0.2) is 26.4 Å². The Kier molecular flexibility index (Phi) is 3.00. The second-order valence-corrected chi connectivity index (χ2v) is 4.82. The Hall–Kier alpha value is -0.970. The van der Waals surface area contributed by atoms with E-state index in [-0.39, 0.29) is 5.75 Å². The Balaban J connectivity index is 2.03. The second kappa shape index (κ2) is 4.26. The topological polar surface area (TPSA) is 55.1 Å². The SMILES string of the molecule is CC(C1CC1)n1ccnc1SCC(=O)O. The number of hydrogen-bond acceptors (Lipinski definition) is 3. The number of imidazole rings is 1. The van der Waals surface area contributed by atoms with Gasteiger partial charge in [-0.05, 0) is 25.7 Å². The highest BCUT2D eigenvalue weighted by atomic mass is 32.2. The molecule has 1 aliphatic carbocycles. The van der Waals surface area contributed by atoms with Crippen LogP contribution in [0.3, 0.4) is 0 Å². The number of carboxylic acids is 1. The van der Waals surface area contributed by atoms with Gasteiger partial charge in [-0.1, -0.05) is 11.8 Å². The third-order valence-corrected chi connectivity index (χ3v) is 3.67. The van der Waals surface area contributed by atoms with E-state index in [4.69, 9.17) is 5.11 Å². The Bertz CT molecular complexity index is 360. The molecule has 82 valence electrons. The van der Waals surface area contributed by atoms with E-state index >= 15 is 0 Å². The molecule has 1 aromatic heterocycles. The molecule has 0 bridgehead atoms. The molecule has 0 aliphatic heterocycles. The lowest BCUT2D eigenvalue weighted by molar-refractivity contribution is -0.133. The number of thioether (sulfide) groups is 1. The van der Waals surface area contributed by atoms with Crippen molar-refractivity contribution in [3.05, 3.63) is 12.4 Å². The van der Waals surface area contributed by atoms with Crippen molar-refractivity contribution >= 4 is 17.7 Å². The molecule has 1 unspecified atom stereocenters. The molecule has 1 aliphatic rings. The molecule has 1 saturated carbocycles. The van der Waals surface area contributed by atoms with Crippen LogP contribution in [0.1, 0.15) is 25.8 Å². The molecule has 1 heterocycles. The van der Waals surface area contributed by atoms with Crippen molar-refractivity contribution in [2.45, 2.75) is 31.0 Å². The van der Waals surface area contributed by atoms with Gasteiger partial charge in [-0.3, -0.25) is 4.79 Å².